The number of anilines is 1. The molecular weight excluding hydrogens is 168 g/mol. The van der Waals surface area contributed by atoms with E-state index in [2.05, 4.69) is 15.3 Å². The van der Waals surface area contributed by atoms with Crippen LogP contribution in [0.3, 0.4) is 0 Å². The first-order valence-corrected chi connectivity index (χ1v) is 3.96. The Bertz CT molecular complexity index is 362. The van der Waals surface area contributed by atoms with Gasteiger partial charge in [0.15, 0.2) is 5.82 Å². The van der Waals surface area contributed by atoms with E-state index in [1.807, 2.05) is 10.8 Å². The second-order valence-corrected chi connectivity index (χ2v) is 2.71. The molecule has 0 atom stereocenters. The molecule has 2 aromatic heterocycles. The first-order valence-electron chi connectivity index (χ1n) is 3.96. The maximum absolute atomic E-state index is 5.41. The average molecular weight is 178 g/mol. The van der Waals surface area contributed by atoms with Crippen LogP contribution in [0.4, 0.5) is 5.82 Å². The molecule has 0 aliphatic rings. The highest BCUT2D eigenvalue weighted by molar-refractivity contribution is 5.19. The van der Waals surface area contributed by atoms with Crippen molar-refractivity contribution in [3.63, 3.8) is 0 Å². The lowest BCUT2D eigenvalue weighted by atomic mass is 10.6. The van der Waals surface area contributed by atoms with Gasteiger partial charge in [-0.1, -0.05) is 5.21 Å². The molecule has 0 fully saturated rings. The molecule has 2 rings (SSSR count). The van der Waals surface area contributed by atoms with E-state index in [0.29, 0.717) is 5.82 Å². The number of aromatic nitrogens is 5. The Kier molecular flexibility index (Phi) is 1.95. The largest absolute Gasteiger partial charge is 0.381 e. The quantitative estimate of drug-likeness (QED) is 0.703. The van der Waals surface area contributed by atoms with Crippen LogP contribution in [-0.2, 0) is 13.1 Å². The van der Waals surface area contributed by atoms with Gasteiger partial charge in [-0.25, -0.2) is 9.67 Å². The number of nitrogens with two attached hydrogens (primary N) is 1. The standard InChI is InChI=1S/C7H10N6/c8-7-5-13(11-10-7)4-3-12-2-1-9-6-12/h1-2,5-6H,3-4,8H2. The zero-order valence-corrected chi connectivity index (χ0v) is 7.04. The molecule has 13 heavy (non-hydrogen) atoms. The Morgan fingerprint density at radius 2 is 2.31 bits per heavy atom. The molecule has 68 valence electrons. The predicted octanol–water partition coefficient (Wildman–Crippen LogP) is -0.243. The maximum Gasteiger partial charge on any atom is 0.165 e. The second-order valence-electron chi connectivity index (χ2n) is 2.71. The van der Waals surface area contributed by atoms with Gasteiger partial charge in [0.25, 0.3) is 0 Å². The van der Waals surface area contributed by atoms with Crippen molar-refractivity contribution in [2.45, 2.75) is 13.1 Å². The molecule has 6 nitrogen and oxygen atoms in total. The summed E-state index contributed by atoms with van der Waals surface area (Å²) in [6.07, 6.45) is 7.12. The Morgan fingerprint density at radius 1 is 1.38 bits per heavy atom. The molecule has 0 bridgehead atoms. The van der Waals surface area contributed by atoms with Gasteiger partial charge in [0.2, 0.25) is 0 Å². The van der Waals surface area contributed by atoms with Crippen LogP contribution in [0, 0.1) is 0 Å². The number of hydrogen-bond donors (Lipinski definition) is 1. The van der Waals surface area contributed by atoms with Gasteiger partial charge in [-0.3, -0.25) is 0 Å². The van der Waals surface area contributed by atoms with E-state index >= 15 is 0 Å². The van der Waals surface area contributed by atoms with Crippen molar-refractivity contribution in [2.24, 2.45) is 0 Å². The average Bonchev–Trinajstić information content (AvgIpc) is 2.71. The van der Waals surface area contributed by atoms with Crippen molar-refractivity contribution >= 4 is 5.82 Å². The lowest BCUT2D eigenvalue weighted by Gasteiger charge is -2.00. The van der Waals surface area contributed by atoms with Crippen LogP contribution in [0.1, 0.15) is 0 Å². The normalized spacial score (nSPS) is 10.5. The Labute approximate surface area is 75.0 Å². The van der Waals surface area contributed by atoms with Gasteiger partial charge in [0, 0.05) is 18.9 Å². The number of nitrogen functional groups attached to an aromatic ring is 1. The summed E-state index contributed by atoms with van der Waals surface area (Å²) >= 11 is 0. The van der Waals surface area contributed by atoms with Crippen LogP contribution in [0.25, 0.3) is 0 Å². The summed E-state index contributed by atoms with van der Waals surface area (Å²) < 4.78 is 3.67. The molecule has 2 N–H and O–H groups in total. The van der Waals surface area contributed by atoms with Crippen molar-refractivity contribution in [3.8, 4) is 0 Å². The zero-order chi connectivity index (χ0) is 9.10. The Morgan fingerprint density at radius 3 is 2.92 bits per heavy atom. The van der Waals surface area contributed by atoms with Crippen LogP contribution < -0.4 is 5.73 Å². The topological polar surface area (TPSA) is 74.5 Å². The van der Waals surface area contributed by atoms with Crippen molar-refractivity contribution in [1.82, 2.24) is 24.5 Å². The molecule has 2 aromatic rings. The summed E-state index contributed by atoms with van der Waals surface area (Å²) in [4.78, 5) is 3.93. The summed E-state index contributed by atoms with van der Waals surface area (Å²) in [7, 11) is 0. The van der Waals surface area contributed by atoms with Crippen molar-refractivity contribution in [3.05, 3.63) is 24.9 Å². The lowest BCUT2D eigenvalue weighted by Crippen LogP contribution is -2.06. The highest BCUT2D eigenvalue weighted by Crippen LogP contribution is 1.94. The molecule has 0 aromatic carbocycles. The number of hydrogen-bond acceptors (Lipinski definition) is 4. The van der Waals surface area contributed by atoms with Crippen LogP contribution >= 0.6 is 0 Å². The summed E-state index contributed by atoms with van der Waals surface area (Å²) in [6.45, 7) is 1.57. The molecule has 0 saturated carbocycles. The molecule has 0 unspecified atom stereocenters. The third kappa shape index (κ3) is 1.84. The number of nitrogens with zero attached hydrogens (tertiary/aromatic N) is 5. The van der Waals surface area contributed by atoms with Crippen LogP contribution in [-0.4, -0.2) is 24.5 Å². The van der Waals surface area contributed by atoms with Gasteiger partial charge in [-0.05, 0) is 0 Å². The molecule has 0 aliphatic heterocycles. The molecule has 0 radical (unpaired) electrons. The predicted molar refractivity (Wildman–Crippen MR) is 46.7 cm³/mol. The van der Waals surface area contributed by atoms with E-state index in [1.54, 1.807) is 23.4 Å². The van der Waals surface area contributed by atoms with Gasteiger partial charge in [0.05, 0.1) is 19.1 Å². The monoisotopic (exact) mass is 178 g/mol. The summed E-state index contributed by atoms with van der Waals surface area (Å²) in [5, 5.41) is 7.51. The van der Waals surface area contributed by atoms with Gasteiger partial charge < -0.3 is 10.3 Å². The van der Waals surface area contributed by atoms with Crippen LogP contribution in [0.2, 0.25) is 0 Å². The van der Waals surface area contributed by atoms with E-state index < -0.39 is 0 Å². The number of aryl methyl sites for hydroxylation is 2. The second kappa shape index (κ2) is 3.26. The van der Waals surface area contributed by atoms with E-state index in [0.717, 1.165) is 13.1 Å². The Balaban J connectivity index is 1.93. The van der Waals surface area contributed by atoms with Gasteiger partial charge in [-0.2, -0.15) is 0 Å². The minimum atomic E-state index is 0.450. The van der Waals surface area contributed by atoms with Crippen molar-refractivity contribution in [2.75, 3.05) is 5.73 Å². The molecule has 0 saturated heterocycles. The fraction of sp³-hybridized carbons (Fsp3) is 0.286. The summed E-state index contributed by atoms with van der Waals surface area (Å²) in [5.41, 5.74) is 5.41. The SMILES string of the molecule is Nc1cn(CCn2ccnc2)nn1. The first kappa shape index (κ1) is 7.78. The van der Waals surface area contributed by atoms with Gasteiger partial charge in [-0.15, -0.1) is 5.10 Å². The summed E-state index contributed by atoms with van der Waals surface area (Å²) in [5.74, 6) is 0.450. The molecule has 0 aliphatic carbocycles. The molecule has 0 spiro atoms. The smallest absolute Gasteiger partial charge is 0.165 e. The zero-order valence-electron chi connectivity index (χ0n) is 7.04. The number of imidazole rings is 1. The third-order valence-electron chi connectivity index (χ3n) is 1.70. The minimum Gasteiger partial charge on any atom is -0.381 e. The first-order chi connectivity index (χ1) is 6.34. The maximum atomic E-state index is 5.41. The van der Waals surface area contributed by atoms with Crippen molar-refractivity contribution < 1.29 is 0 Å². The molecule has 0 amide bonds. The minimum absolute atomic E-state index is 0.450. The summed E-state index contributed by atoms with van der Waals surface area (Å²) in [6, 6.07) is 0. The van der Waals surface area contributed by atoms with Crippen LogP contribution in [0.5, 0.6) is 0 Å². The lowest BCUT2D eigenvalue weighted by molar-refractivity contribution is 0.519. The molecular formula is C7H10N6. The molecule has 2 heterocycles. The van der Waals surface area contributed by atoms with E-state index in [-0.39, 0.29) is 0 Å². The van der Waals surface area contributed by atoms with Gasteiger partial charge >= 0.3 is 0 Å². The highest BCUT2D eigenvalue weighted by atomic mass is 15.4. The van der Waals surface area contributed by atoms with Gasteiger partial charge in [0.1, 0.15) is 0 Å². The fourth-order valence-electron chi connectivity index (χ4n) is 1.06. The Hall–Kier alpha value is -1.85. The van der Waals surface area contributed by atoms with E-state index in [9.17, 15) is 0 Å². The van der Waals surface area contributed by atoms with E-state index in [4.69, 9.17) is 5.73 Å². The van der Waals surface area contributed by atoms with Crippen LogP contribution in [0.15, 0.2) is 24.9 Å². The van der Waals surface area contributed by atoms with Crippen molar-refractivity contribution in [1.29, 1.82) is 0 Å². The third-order valence-corrected chi connectivity index (χ3v) is 1.70. The number of rotatable bonds is 3. The molecule has 6 heteroatoms. The fourth-order valence-corrected chi connectivity index (χ4v) is 1.06. The highest BCUT2D eigenvalue weighted by Gasteiger charge is 1.95. The van der Waals surface area contributed by atoms with E-state index in [1.165, 1.54) is 0 Å².